The number of amides is 1. The third-order valence-electron chi connectivity index (χ3n) is 2.82. The molecular weight excluding hydrogens is 164 g/mol. The van der Waals surface area contributed by atoms with Gasteiger partial charge in [-0.1, -0.05) is 12.5 Å². The standard InChI is InChI=1S/C10H18N2O/c1-2-3-7-12-9(13)10(8-11)5-4-6-10/h2H,1,3-8,11H2,(H,12,13). The van der Waals surface area contributed by atoms with Gasteiger partial charge in [-0.25, -0.2) is 0 Å². The Bertz CT molecular complexity index is 192. The van der Waals surface area contributed by atoms with E-state index in [2.05, 4.69) is 11.9 Å². The highest BCUT2D eigenvalue weighted by Crippen LogP contribution is 2.39. The van der Waals surface area contributed by atoms with Gasteiger partial charge in [0.2, 0.25) is 5.91 Å². The third-order valence-corrected chi connectivity index (χ3v) is 2.82. The Kier molecular flexibility index (Phi) is 3.48. The van der Waals surface area contributed by atoms with Crippen LogP contribution < -0.4 is 11.1 Å². The predicted molar refractivity (Wildman–Crippen MR) is 53.2 cm³/mol. The summed E-state index contributed by atoms with van der Waals surface area (Å²) in [6, 6.07) is 0. The molecule has 0 atom stereocenters. The van der Waals surface area contributed by atoms with E-state index in [1.165, 1.54) is 0 Å². The molecule has 1 amide bonds. The van der Waals surface area contributed by atoms with Crippen molar-refractivity contribution < 1.29 is 4.79 Å². The lowest BCUT2D eigenvalue weighted by molar-refractivity contribution is -0.135. The van der Waals surface area contributed by atoms with Crippen LogP contribution in [0.15, 0.2) is 12.7 Å². The van der Waals surface area contributed by atoms with E-state index in [1.807, 2.05) is 0 Å². The first-order valence-electron chi connectivity index (χ1n) is 4.84. The molecule has 0 aromatic rings. The zero-order valence-corrected chi connectivity index (χ0v) is 8.01. The number of carbonyl (C=O) groups is 1. The number of nitrogens with one attached hydrogen (secondary N) is 1. The van der Waals surface area contributed by atoms with E-state index in [4.69, 9.17) is 5.73 Å². The molecular formula is C10H18N2O. The highest BCUT2D eigenvalue weighted by atomic mass is 16.2. The van der Waals surface area contributed by atoms with Crippen LogP contribution in [0.3, 0.4) is 0 Å². The topological polar surface area (TPSA) is 55.1 Å². The second-order valence-electron chi connectivity index (χ2n) is 3.67. The second kappa shape index (κ2) is 4.42. The minimum Gasteiger partial charge on any atom is -0.355 e. The molecule has 0 heterocycles. The molecule has 1 aliphatic rings. The summed E-state index contributed by atoms with van der Waals surface area (Å²) in [5.41, 5.74) is 5.36. The van der Waals surface area contributed by atoms with Gasteiger partial charge in [0, 0.05) is 13.1 Å². The van der Waals surface area contributed by atoms with Crippen molar-refractivity contribution in [3.05, 3.63) is 12.7 Å². The summed E-state index contributed by atoms with van der Waals surface area (Å²) in [5.74, 6) is 0.128. The molecule has 1 fully saturated rings. The number of nitrogens with two attached hydrogens (primary N) is 1. The molecule has 0 spiro atoms. The van der Waals surface area contributed by atoms with Crippen molar-refractivity contribution in [3.63, 3.8) is 0 Å². The Morgan fingerprint density at radius 2 is 2.31 bits per heavy atom. The summed E-state index contributed by atoms with van der Waals surface area (Å²) in [6.07, 6.45) is 5.65. The lowest BCUT2D eigenvalue weighted by Gasteiger charge is -2.39. The van der Waals surface area contributed by atoms with Gasteiger partial charge in [0.25, 0.3) is 0 Å². The number of hydrogen-bond donors (Lipinski definition) is 2. The monoisotopic (exact) mass is 182 g/mol. The second-order valence-corrected chi connectivity index (χ2v) is 3.67. The molecule has 0 aromatic carbocycles. The van der Waals surface area contributed by atoms with Gasteiger partial charge in [-0.3, -0.25) is 4.79 Å². The Morgan fingerprint density at radius 3 is 2.69 bits per heavy atom. The van der Waals surface area contributed by atoms with Crippen LogP contribution in [0.5, 0.6) is 0 Å². The first kappa shape index (κ1) is 10.3. The molecule has 0 bridgehead atoms. The van der Waals surface area contributed by atoms with Crippen molar-refractivity contribution in [2.75, 3.05) is 13.1 Å². The van der Waals surface area contributed by atoms with E-state index in [0.29, 0.717) is 13.1 Å². The zero-order chi connectivity index (χ0) is 9.73. The summed E-state index contributed by atoms with van der Waals surface area (Å²) in [6.45, 7) is 4.76. The van der Waals surface area contributed by atoms with Gasteiger partial charge in [-0.05, 0) is 19.3 Å². The molecule has 13 heavy (non-hydrogen) atoms. The van der Waals surface area contributed by atoms with Crippen LogP contribution in [-0.2, 0) is 4.79 Å². The lowest BCUT2D eigenvalue weighted by atomic mass is 9.68. The highest BCUT2D eigenvalue weighted by Gasteiger charge is 2.42. The Hall–Kier alpha value is -0.830. The molecule has 0 aromatic heterocycles. The zero-order valence-electron chi connectivity index (χ0n) is 8.01. The molecule has 1 rings (SSSR count). The summed E-state index contributed by atoms with van der Waals surface area (Å²) >= 11 is 0. The average molecular weight is 182 g/mol. The molecule has 3 heteroatoms. The van der Waals surface area contributed by atoms with Crippen LogP contribution in [-0.4, -0.2) is 19.0 Å². The van der Waals surface area contributed by atoms with E-state index in [1.54, 1.807) is 6.08 Å². The van der Waals surface area contributed by atoms with Gasteiger partial charge in [0.05, 0.1) is 5.41 Å². The fourth-order valence-electron chi connectivity index (χ4n) is 1.60. The Balaban J connectivity index is 2.32. The summed E-state index contributed by atoms with van der Waals surface area (Å²) < 4.78 is 0. The fourth-order valence-corrected chi connectivity index (χ4v) is 1.60. The van der Waals surface area contributed by atoms with Gasteiger partial charge >= 0.3 is 0 Å². The maximum absolute atomic E-state index is 11.6. The van der Waals surface area contributed by atoms with Crippen LogP contribution in [0.2, 0.25) is 0 Å². The van der Waals surface area contributed by atoms with Gasteiger partial charge in [0.1, 0.15) is 0 Å². The first-order valence-corrected chi connectivity index (χ1v) is 4.84. The van der Waals surface area contributed by atoms with Gasteiger partial charge in [-0.2, -0.15) is 0 Å². The van der Waals surface area contributed by atoms with Crippen LogP contribution >= 0.6 is 0 Å². The van der Waals surface area contributed by atoms with Gasteiger partial charge in [0.15, 0.2) is 0 Å². The van der Waals surface area contributed by atoms with Crippen molar-refractivity contribution in [2.24, 2.45) is 11.1 Å². The SMILES string of the molecule is C=CCCNC(=O)C1(CN)CCC1. The molecule has 74 valence electrons. The van der Waals surface area contributed by atoms with Crippen molar-refractivity contribution in [1.29, 1.82) is 0 Å². The maximum atomic E-state index is 11.6. The van der Waals surface area contributed by atoms with Crippen molar-refractivity contribution >= 4 is 5.91 Å². The smallest absolute Gasteiger partial charge is 0.227 e. The van der Waals surface area contributed by atoms with E-state index in [0.717, 1.165) is 25.7 Å². The lowest BCUT2D eigenvalue weighted by Crippen LogP contribution is -2.50. The Labute approximate surface area is 79.4 Å². The normalized spacial score (nSPS) is 18.8. The van der Waals surface area contributed by atoms with Gasteiger partial charge < -0.3 is 11.1 Å². The molecule has 1 saturated carbocycles. The minimum atomic E-state index is -0.235. The molecule has 0 radical (unpaired) electrons. The molecule has 3 nitrogen and oxygen atoms in total. The first-order chi connectivity index (χ1) is 6.25. The molecule has 0 unspecified atom stereocenters. The largest absolute Gasteiger partial charge is 0.355 e. The van der Waals surface area contributed by atoms with Crippen molar-refractivity contribution in [1.82, 2.24) is 5.32 Å². The van der Waals surface area contributed by atoms with Crippen molar-refractivity contribution in [2.45, 2.75) is 25.7 Å². The van der Waals surface area contributed by atoms with Gasteiger partial charge in [-0.15, -0.1) is 6.58 Å². The van der Waals surface area contributed by atoms with E-state index < -0.39 is 0 Å². The number of carbonyl (C=O) groups excluding carboxylic acids is 1. The number of hydrogen-bond acceptors (Lipinski definition) is 2. The highest BCUT2D eigenvalue weighted by molar-refractivity contribution is 5.83. The van der Waals surface area contributed by atoms with Crippen molar-refractivity contribution in [3.8, 4) is 0 Å². The molecule has 1 aliphatic carbocycles. The van der Waals surface area contributed by atoms with Crippen LogP contribution in [0, 0.1) is 5.41 Å². The Morgan fingerprint density at radius 1 is 1.62 bits per heavy atom. The van der Waals surface area contributed by atoms with Crippen LogP contribution in [0.25, 0.3) is 0 Å². The fraction of sp³-hybridized carbons (Fsp3) is 0.700. The summed E-state index contributed by atoms with van der Waals surface area (Å²) in [5, 5.41) is 2.89. The van der Waals surface area contributed by atoms with Crippen LogP contribution in [0.4, 0.5) is 0 Å². The third kappa shape index (κ3) is 2.10. The molecule has 0 aliphatic heterocycles. The predicted octanol–water partition coefficient (Wildman–Crippen LogP) is 0.808. The number of rotatable bonds is 5. The maximum Gasteiger partial charge on any atom is 0.227 e. The quantitative estimate of drug-likeness (QED) is 0.488. The van der Waals surface area contributed by atoms with E-state index >= 15 is 0 Å². The summed E-state index contributed by atoms with van der Waals surface area (Å²) in [7, 11) is 0. The average Bonchev–Trinajstić information content (AvgIpc) is 2.04. The molecule has 3 N–H and O–H groups in total. The molecule has 0 saturated heterocycles. The van der Waals surface area contributed by atoms with Crippen LogP contribution in [0.1, 0.15) is 25.7 Å². The van der Waals surface area contributed by atoms with E-state index in [9.17, 15) is 4.79 Å². The minimum absolute atomic E-state index is 0.128. The van der Waals surface area contributed by atoms with E-state index in [-0.39, 0.29) is 11.3 Å². The summed E-state index contributed by atoms with van der Waals surface area (Å²) in [4.78, 5) is 11.6.